The lowest BCUT2D eigenvalue weighted by Gasteiger charge is -2.15. The van der Waals surface area contributed by atoms with Crippen molar-refractivity contribution < 1.29 is 23.9 Å². The molecule has 6 nitrogen and oxygen atoms in total. The van der Waals surface area contributed by atoms with Crippen LogP contribution in [0.1, 0.15) is 33.6 Å². The third-order valence-electron chi connectivity index (χ3n) is 4.23. The average molecular weight is 353 g/mol. The smallest absolute Gasteiger partial charge is 0.338 e. The molecule has 1 amide bonds. The predicted molar refractivity (Wildman–Crippen MR) is 95.6 cm³/mol. The topological polar surface area (TPSA) is 72.9 Å². The zero-order valence-electron chi connectivity index (χ0n) is 14.4. The van der Waals surface area contributed by atoms with Gasteiger partial charge in [-0.25, -0.2) is 4.79 Å². The van der Waals surface area contributed by atoms with Gasteiger partial charge in [0.15, 0.2) is 12.4 Å². The third kappa shape index (κ3) is 3.91. The summed E-state index contributed by atoms with van der Waals surface area (Å²) in [7, 11) is 1.54. The Bertz CT molecular complexity index is 811. The number of hydrogen-bond donors (Lipinski definition) is 0. The van der Waals surface area contributed by atoms with E-state index in [0.29, 0.717) is 29.8 Å². The Morgan fingerprint density at radius 3 is 2.23 bits per heavy atom. The van der Waals surface area contributed by atoms with Crippen LogP contribution in [0.5, 0.6) is 5.75 Å². The number of nitrogens with zero attached hydrogens (tertiary/aromatic N) is 1. The van der Waals surface area contributed by atoms with E-state index in [1.165, 1.54) is 7.11 Å². The van der Waals surface area contributed by atoms with Crippen molar-refractivity contribution in [1.82, 2.24) is 0 Å². The van der Waals surface area contributed by atoms with Crippen LogP contribution in [0.4, 0.5) is 5.69 Å². The highest BCUT2D eigenvalue weighted by molar-refractivity contribution is 6.00. The van der Waals surface area contributed by atoms with E-state index in [4.69, 9.17) is 9.47 Å². The summed E-state index contributed by atoms with van der Waals surface area (Å²) in [5.74, 6) is -0.141. The number of benzene rings is 2. The number of carbonyl (C=O) groups excluding carboxylic acids is 3. The molecular formula is C20H19NO5. The molecule has 0 radical (unpaired) electrons. The van der Waals surface area contributed by atoms with Crippen molar-refractivity contribution in [3.05, 3.63) is 59.7 Å². The first kappa shape index (κ1) is 17.7. The monoisotopic (exact) mass is 353 g/mol. The number of amides is 1. The molecule has 2 aromatic rings. The molecule has 1 saturated heterocycles. The van der Waals surface area contributed by atoms with Crippen LogP contribution >= 0.6 is 0 Å². The van der Waals surface area contributed by atoms with E-state index in [9.17, 15) is 14.4 Å². The predicted octanol–water partition coefficient (Wildman–Crippen LogP) is 2.86. The second-order valence-electron chi connectivity index (χ2n) is 5.92. The van der Waals surface area contributed by atoms with Crippen molar-refractivity contribution in [3.63, 3.8) is 0 Å². The fraction of sp³-hybridized carbons (Fsp3) is 0.250. The Balaban J connectivity index is 1.57. The van der Waals surface area contributed by atoms with E-state index in [2.05, 4.69) is 0 Å². The number of anilines is 1. The minimum Gasteiger partial charge on any atom is -0.497 e. The van der Waals surface area contributed by atoms with Crippen molar-refractivity contribution in [2.24, 2.45) is 0 Å². The van der Waals surface area contributed by atoms with Crippen molar-refractivity contribution >= 4 is 23.3 Å². The maximum atomic E-state index is 12.2. The molecule has 134 valence electrons. The molecule has 0 unspecified atom stereocenters. The summed E-state index contributed by atoms with van der Waals surface area (Å²) in [4.78, 5) is 37.6. The molecule has 0 bridgehead atoms. The molecule has 6 heteroatoms. The van der Waals surface area contributed by atoms with Crippen molar-refractivity contribution in [1.29, 1.82) is 0 Å². The second kappa shape index (κ2) is 7.82. The maximum Gasteiger partial charge on any atom is 0.338 e. The molecule has 0 spiro atoms. The van der Waals surface area contributed by atoms with E-state index in [1.54, 1.807) is 53.4 Å². The van der Waals surface area contributed by atoms with E-state index in [0.717, 1.165) is 12.1 Å². The van der Waals surface area contributed by atoms with Gasteiger partial charge in [0.1, 0.15) is 5.75 Å². The van der Waals surface area contributed by atoms with Gasteiger partial charge in [-0.05, 0) is 55.0 Å². The van der Waals surface area contributed by atoms with Gasteiger partial charge in [-0.3, -0.25) is 9.59 Å². The molecule has 2 aromatic carbocycles. The Morgan fingerprint density at radius 1 is 1.00 bits per heavy atom. The quantitative estimate of drug-likeness (QED) is 0.590. The Kier molecular flexibility index (Phi) is 5.31. The summed E-state index contributed by atoms with van der Waals surface area (Å²) in [5, 5.41) is 0. The molecule has 1 aliphatic heterocycles. The second-order valence-corrected chi connectivity index (χ2v) is 5.92. The van der Waals surface area contributed by atoms with E-state index in [1.807, 2.05) is 0 Å². The number of methoxy groups -OCH3 is 1. The number of ether oxygens (including phenoxy) is 2. The number of rotatable bonds is 6. The molecule has 1 heterocycles. The summed E-state index contributed by atoms with van der Waals surface area (Å²) in [6.07, 6.45) is 1.41. The van der Waals surface area contributed by atoms with Gasteiger partial charge < -0.3 is 14.4 Å². The third-order valence-corrected chi connectivity index (χ3v) is 4.23. The van der Waals surface area contributed by atoms with Crippen LogP contribution in [0.15, 0.2) is 48.5 Å². The van der Waals surface area contributed by atoms with Crippen LogP contribution in [0.25, 0.3) is 0 Å². The van der Waals surface area contributed by atoms with Gasteiger partial charge in [0.05, 0.1) is 12.7 Å². The Labute approximate surface area is 151 Å². The molecule has 0 saturated carbocycles. The summed E-state index contributed by atoms with van der Waals surface area (Å²) >= 11 is 0. The first-order valence-corrected chi connectivity index (χ1v) is 8.33. The molecule has 1 fully saturated rings. The highest BCUT2D eigenvalue weighted by Gasteiger charge is 2.21. The molecule has 0 aromatic heterocycles. The largest absolute Gasteiger partial charge is 0.497 e. The Morgan fingerprint density at radius 2 is 1.65 bits per heavy atom. The van der Waals surface area contributed by atoms with Crippen LogP contribution in [0, 0.1) is 0 Å². The Hall–Kier alpha value is -3.15. The van der Waals surface area contributed by atoms with Crippen molar-refractivity contribution in [3.8, 4) is 5.75 Å². The first-order chi connectivity index (χ1) is 12.6. The van der Waals surface area contributed by atoms with Crippen LogP contribution < -0.4 is 9.64 Å². The van der Waals surface area contributed by atoms with Crippen LogP contribution in [0.3, 0.4) is 0 Å². The lowest BCUT2D eigenvalue weighted by Crippen LogP contribution is -2.23. The van der Waals surface area contributed by atoms with Gasteiger partial charge in [-0.2, -0.15) is 0 Å². The zero-order chi connectivity index (χ0) is 18.5. The van der Waals surface area contributed by atoms with E-state index >= 15 is 0 Å². The minimum absolute atomic E-state index is 0.0949. The molecule has 0 atom stereocenters. The van der Waals surface area contributed by atoms with E-state index < -0.39 is 5.97 Å². The summed E-state index contributed by atoms with van der Waals surface area (Å²) in [6, 6.07) is 13.2. The fourth-order valence-electron chi connectivity index (χ4n) is 2.77. The lowest BCUT2D eigenvalue weighted by molar-refractivity contribution is -0.117. The number of esters is 1. The molecule has 0 N–H and O–H groups in total. The van der Waals surface area contributed by atoms with Crippen LogP contribution in [-0.4, -0.2) is 37.9 Å². The van der Waals surface area contributed by atoms with Crippen molar-refractivity contribution in [2.45, 2.75) is 12.8 Å². The van der Waals surface area contributed by atoms with Gasteiger partial charge >= 0.3 is 5.97 Å². The molecule has 1 aliphatic rings. The zero-order valence-corrected chi connectivity index (χ0v) is 14.4. The molecule has 3 rings (SSSR count). The van der Waals surface area contributed by atoms with Crippen molar-refractivity contribution in [2.75, 3.05) is 25.2 Å². The summed E-state index contributed by atoms with van der Waals surface area (Å²) in [6.45, 7) is 0.360. The molecular weight excluding hydrogens is 334 g/mol. The van der Waals surface area contributed by atoms with E-state index in [-0.39, 0.29) is 18.3 Å². The highest BCUT2D eigenvalue weighted by Crippen LogP contribution is 2.21. The molecule has 26 heavy (non-hydrogen) atoms. The minimum atomic E-state index is -0.569. The first-order valence-electron chi connectivity index (χ1n) is 8.33. The van der Waals surface area contributed by atoms with Gasteiger partial charge in [-0.1, -0.05) is 0 Å². The number of hydrogen-bond acceptors (Lipinski definition) is 5. The molecule has 0 aliphatic carbocycles. The number of Topliss-reactive ketones (excluding diaryl/α,β-unsaturated/α-hetero) is 1. The van der Waals surface area contributed by atoms with Gasteiger partial charge in [-0.15, -0.1) is 0 Å². The standard InChI is InChI=1S/C20H19NO5/c1-25-17-10-6-15(7-11-17)20(24)26-13-18(22)14-4-8-16(9-5-14)21-12-2-3-19(21)23/h4-11H,2-3,12-13H2,1H3. The summed E-state index contributed by atoms with van der Waals surface area (Å²) in [5.41, 5.74) is 1.56. The lowest BCUT2D eigenvalue weighted by atomic mass is 10.1. The SMILES string of the molecule is COc1ccc(C(=O)OCC(=O)c2ccc(N3CCCC3=O)cc2)cc1. The van der Waals surface area contributed by atoms with Gasteiger partial charge in [0, 0.05) is 24.2 Å². The van der Waals surface area contributed by atoms with Crippen LogP contribution in [0.2, 0.25) is 0 Å². The highest BCUT2D eigenvalue weighted by atomic mass is 16.5. The summed E-state index contributed by atoms with van der Waals surface area (Å²) < 4.78 is 10.1. The van der Waals surface area contributed by atoms with Gasteiger partial charge in [0.25, 0.3) is 0 Å². The van der Waals surface area contributed by atoms with Gasteiger partial charge in [0.2, 0.25) is 5.91 Å². The maximum absolute atomic E-state index is 12.2. The van der Waals surface area contributed by atoms with Crippen LogP contribution in [-0.2, 0) is 9.53 Å². The average Bonchev–Trinajstić information content (AvgIpc) is 3.12. The number of ketones is 1. The normalized spacial score (nSPS) is 13.6. The number of carbonyl (C=O) groups is 3. The fourth-order valence-corrected chi connectivity index (χ4v) is 2.77.